The zero-order chi connectivity index (χ0) is 15.6. The van der Waals surface area contributed by atoms with E-state index in [-0.39, 0.29) is 6.54 Å². The zero-order valence-corrected chi connectivity index (χ0v) is 11.6. The Balaban J connectivity index is 2.41. The van der Waals surface area contributed by atoms with Gasteiger partial charge in [-0.3, -0.25) is 4.68 Å². The molecule has 0 amide bonds. The fraction of sp³-hybridized carbons (Fsp3) is 0.231. The van der Waals surface area contributed by atoms with Gasteiger partial charge in [0, 0.05) is 11.1 Å². The molecule has 112 valence electrons. The van der Waals surface area contributed by atoms with Gasteiger partial charge in [-0.1, -0.05) is 23.7 Å². The van der Waals surface area contributed by atoms with Crippen molar-refractivity contribution in [2.45, 2.75) is 12.7 Å². The summed E-state index contributed by atoms with van der Waals surface area (Å²) in [6.07, 6.45) is -4.63. The van der Waals surface area contributed by atoms with Crippen molar-refractivity contribution in [2.24, 2.45) is 0 Å². The standard InChI is InChI=1S/C13H10ClF3N2O2/c1-21-12(20)10-6-11(13(15,16)17)19(18-10)7-8-3-2-4-9(14)5-8/h2-6H,7H2,1H3. The predicted molar refractivity (Wildman–Crippen MR) is 69.1 cm³/mol. The van der Waals surface area contributed by atoms with Crippen molar-refractivity contribution in [1.82, 2.24) is 9.78 Å². The number of aromatic nitrogens is 2. The van der Waals surface area contributed by atoms with Crippen LogP contribution in [0.1, 0.15) is 21.7 Å². The Hall–Kier alpha value is -2.02. The van der Waals surface area contributed by atoms with Gasteiger partial charge in [-0.15, -0.1) is 0 Å². The molecule has 4 nitrogen and oxygen atoms in total. The topological polar surface area (TPSA) is 44.1 Å². The van der Waals surface area contributed by atoms with E-state index in [4.69, 9.17) is 11.6 Å². The maximum absolute atomic E-state index is 13.0. The number of ether oxygens (including phenoxy) is 1. The summed E-state index contributed by atoms with van der Waals surface area (Å²) in [6.45, 7) is -0.160. The summed E-state index contributed by atoms with van der Waals surface area (Å²) in [5, 5.41) is 4.06. The maximum atomic E-state index is 13.0. The Kier molecular flexibility index (Phi) is 4.22. The molecule has 2 aromatic rings. The minimum Gasteiger partial charge on any atom is -0.464 e. The molecular formula is C13H10ClF3N2O2. The SMILES string of the molecule is COC(=O)c1cc(C(F)(F)F)n(Cc2cccc(Cl)c2)n1. The molecule has 0 saturated heterocycles. The number of esters is 1. The Morgan fingerprint density at radius 1 is 1.38 bits per heavy atom. The Morgan fingerprint density at radius 3 is 2.67 bits per heavy atom. The van der Waals surface area contributed by atoms with Crippen LogP contribution in [0.3, 0.4) is 0 Å². The van der Waals surface area contributed by atoms with E-state index in [1.54, 1.807) is 18.2 Å². The van der Waals surface area contributed by atoms with Crippen LogP contribution in [-0.4, -0.2) is 22.9 Å². The molecule has 0 aliphatic rings. The highest BCUT2D eigenvalue weighted by atomic mass is 35.5. The lowest BCUT2D eigenvalue weighted by Gasteiger charge is -2.10. The number of alkyl halides is 3. The summed E-state index contributed by atoms with van der Waals surface area (Å²) in [5.41, 5.74) is -0.887. The molecule has 0 spiro atoms. The average Bonchev–Trinajstić information content (AvgIpc) is 2.81. The van der Waals surface area contributed by atoms with Gasteiger partial charge in [0.1, 0.15) is 5.69 Å². The van der Waals surface area contributed by atoms with Gasteiger partial charge in [0.25, 0.3) is 0 Å². The van der Waals surface area contributed by atoms with Crippen LogP contribution in [0.2, 0.25) is 5.02 Å². The van der Waals surface area contributed by atoms with Crippen molar-refractivity contribution in [3.8, 4) is 0 Å². The van der Waals surface area contributed by atoms with Crippen LogP contribution >= 0.6 is 11.6 Å². The minimum absolute atomic E-state index is 0.160. The van der Waals surface area contributed by atoms with E-state index < -0.39 is 23.5 Å². The number of nitrogens with zero attached hydrogens (tertiary/aromatic N) is 2. The quantitative estimate of drug-likeness (QED) is 0.815. The number of halogens is 4. The molecule has 0 unspecified atom stereocenters. The van der Waals surface area contributed by atoms with Crippen molar-refractivity contribution < 1.29 is 22.7 Å². The fourth-order valence-corrected chi connectivity index (χ4v) is 1.99. The highest BCUT2D eigenvalue weighted by molar-refractivity contribution is 6.30. The smallest absolute Gasteiger partial charge is 0.433 e. The summed E-state index contributed by atoms with van der Waals surface area (Å²) < 4.78 is 44.0. The molecule has 0 saturated carbocycles. The van der Waals surface area contributed by atoms with Gasteiger partial charge in [0.05, 0.1) is 13.7 Å². The summed E-state index contributed by atoms with van der Waals surface area (Å²) in [7, 11) is 1.07. The normalized spacial score (nSPS) is 11.5. The number of carbonyl (C=O) groups excluding carboxylic acids is 1. The fourth-order valence-electron chi connectivity index (χ4n) is 1.78. The van der Waals surface area contributed by atoms with Crippen molar-refractivity contribution in [3.63, 3.8) is 0 Å². The molecule has 0 radical (unpaired) electrons. The number of carbonyl (C=O) groups is 1. The third kappa shape index (κ3) is 3.55. The molecular weight excluding hydrogens is 309 g/mol. The average molecular weight is 319 g/mol. The van der Waals surface area contributed by atoms with Crippen LogP contribution in [0, 0.1) is 0 Å². The summed E-state index contributed by atoms with van der Waals surface area (Å²) in [6, 6.07) is 7.04. The lowest BCUT2D eigenvalue weighted by molar-refractivity contribution is -0.144. The molecule has 0 atom stereocenters. The van der Waals surface area contributed by atoms with E-state index in [0.29, 0.717) is 21.3 Å². The maximum Gasteiger partial charge on any atom is 0.433 e. The second-order valence-corrected chi connectivity index (χ2v) is 4.63. The number of rotatable bonds is 3. The van der Waals surface area contributed by atoms with E-state index in [0.717, 1.165) is 7.11 Å². The first-order valence-electron chi connectivity index (χ1n) is 5.79. The van der Waals surface area contributed by atoms with Crippen molar-refractivity contribution >= 4 is 17.6 Å². The minimum atomic E-state index is -4.63. The second-order valence-electron chi connectivity index (χ2n) is 4.19. The van der Waals surface area contributed by atoms with Crippen molar-refractivity contribution in [1.29, 1.82) is 0 Å². The van der Waals surface area contributed by atoms with Gasteiger partial charge in [-0.05, 0) is 17.7 Å². The van der Waals surface area contributed by atoms with E-state index in [2.05, 4.69) is 9.84 Å². The first-order chi connectivity index (χ1) is 9.81. The van der Waals surface area contributed by atoms with E-state index >= 15 is 0 Å². The molecule has 1 heterocycles. The Labute approximate surface area is 123 Å². The number of hydrogen-bond donors (Lipinski definition) is 0. The van der Waals surface area contributed by atoms with Gasteiger partial charge in [-0.25, -0.2) is 4.79 Å². The Bertz CT molecular complexity index is 668. The third-order valence-electron chi connectivity index (χ3n) is 2.69. The van der Waals surface area contributed by atoms with Gasteiger partial charge < -0.3 is 4.74 Å². The summed E-state index contributed by atoms with van der Waals surface area (Å²) in [5.74, 6) is -0.926. The first-order valence-corrected chi connectivity index (χ1v) is 6.17. The van der Waals surface area contributed by atoms with Gasteiger partial charge in [-0.2, -0.15) is 18.3 Å². The number of methoxy groups -OCH3 is 1. The van der Waals surface area contributed by atoms with E-state index in [1.165, 1.54) is 6.07 Å². The summed E-state index contributed by atoms with van der Waals surface area (Å²) >= 11 is 5.79. The third-order valence-corrected chi connectivity index (χ3v) is 2.92. The predicted octanol–water partition coefficient (Wildman–Crippen LogP) is 3.39. The van der Waals surface area contributed by atoms with Crippen LogP contribution in [-0.2, 0) is 17.5 Å². The van der Waals surface area contributed by atoms with Crippen molar-refractivity contribution in [2.75, 3.05) is 7.11 Å². The molecule has 21 heavy (non-hydrogen) atoms. The molecule has 0 fully saturated rings. The van der Waals surface area contributed by atoms with Crippen LogP contribution in [0.15, 0.2) is 30.3 Å². The highest BCUT2D eigenvalue weighted by Gasteiger charge is 2.36. The molecule has 2 rings (SSSR count). The number of hydrogen-bond acceptors (Lipinski definition) is 3. The lowest BCUT2D eigenvalue weighted by Crippen LogP contribution is -2.15. The largest absolute Gasteiger partial charge is 0.464 e. The van der Waals surface area contributed by atoms with Crippen LogP contribution < -0.4 is 0 Å². The van der Waals surface area contributed by atoms with Crippen LogP contribution in [0.25, 0.3) is 0 Å². The van der Waals surface area contributed by atoms with Crippen molar-refractivity contribution in [3.05, 3.63) is 52.3 Å². The molecule has 0 N–H and O–H groups in total. The number of benzene rings is 1. The molecule has 8 heteroatoms. The van der Waals surface area contributed by atoms with Gasteiger partial charge in [0.2, 0.25) is 0 Å². The van der Waals surface area contributed by atoms with Crippen LogP contribution in [0.5, 0.6) is 0 Å². The monoisotopic (exact) mass is 318 g/mol. The van der Waals surface area contributed by atoms with Gasteiger partial charge in [0.15, 0.2) is 5.69 Å². The summed E-state index contributed by atoms with van der Waals surface area (Å²) in [4.78, 5) is 11.3. The molecule has 0 aliphatic carbocycles. The van der Waals surface area contributed by atoms with Gasteiger partial charge >= 0.3 is 12.1 Å². The molecule has 0 bridgehead atoms. The zero-order valence-electron chi connectivity index (χ0n) is 10.8. The van der Waals surface area contributed by atoms with E-state index in [9.17, 15) is 18.0 Å². The van der Waals surface area contributed by atoms with E-state index in [1.807, 2.05) is 0 Å². The first kappa shape index (κ1) is 15.4. The molecule has 1 aromatic carbocycles. The Morgan fingerprint density at radius 2 is 2.10 bits per heavy atom. The second kappa shape index (κ2) is 5.77. The van der Waals surface area contributed by atoms with Crippen LogP contribution in [0.4, 0.5) is 13.2 Å². The lowest BCUT2D eigenvalue weighted by atomic mass is 10.2. The molecule has 1 aromatic heterocycles. The highest BCUT2D eigenvalue weighted by Crippen LogP contribution is 2.30. The molecule has 0 aliphatic heterocycles.